The van der Waals surface area contributed by atoms with Crippen molar-refractivity contribution in [3.8, 4) is 0 Å². The van der Waals surface area contributed by atoms with E-state index in [0.717, 1.165) is 6.54 Å². The van der Waals surface area contributed by atoms with Gasteiger partial charge in [-0.3, -0.25) is 9.36 Å². The van der Waals surface area contributed by atoms with Gasteiger partial charge in [-0.2, -0.15) is 10.2 Å². The van der Waals surface area contributed by atoms with Crippen LogP contribution in [0, 0.1) is 0 Å². The molecule has 0 radical (unpaired) electrons. The number of aromatic nitrogens is 4. The van der Waals surface area contributed by atoms with Gasteiger partial charge in [0.25, 0.3) is 0 Å². The molecule has 0 aliphatic carbocycles. The molecule has 2 unspecified atom stereocenters. The van der Waals surface area contributed by atoms with Crippen molar-refractivity contribution in [2.75, 3.05) is 6.54 Å². The largest absolute Gasteiger partial charge is 0.390 e. The molecular weight excluding hydrogens is 230 g/mol. The van der Waals surface area contributed by atoms with E-state index >= 15 is 0 Å². The molecular formula is C12H19N5O. The van der Waals surface area contributed by atoms with E-state index in [1.165, 1.54) is 0 Å². The van der Waals surface area contributed by atoms with Crippen LogP contribution in [-0.4, -0.2) is 43.4 Å². The van der Waals surface area contributed by atoms with Crippen molar-refractivity contribution in [1.29, 1.82) is 0 Å². The van der Waals surface area contributed by atoms with Gasteiger partial charge < -0.3 is 10.4 Å². The van der Waals surface area contributed by atoms with Crippen LogP contribution in [-0.2, 0) is 13.1 Å². The number of aliphatic hydroxyl groups is 1. The highest BCUT2D eigenvalue weighted by molar-refractivity contribution is 4.80. The predicted octanol–water partition coefficient (Wildman–Crippen LogP) is 0.119. The molecule has 18 heavy (non-hydrogen) atoms. The van der Waals surface area contributed by atoms with Crippen LogP contribution in [0.15, 0.2) is 36.9 Å². The number of nitrogens with zero attached hydrogens (tertiary/aromatic N) is 4. The molecule has 2 rings (SSSR count). The van der Waals surface area contributed by atoms with Gasteiger partial charge in [0, 0.05) is 37.4 Å². The number of hydrogen-bond acceptors (Lipinski definition) is 4. The highest BCUT2D eigenvalue weighted by atomic mass is 16.3. The summed E-state index contributed by atoms with van der Waals surface area (Å²) >= 11 is 0. The lowest BCUT2D eigenvalue weighted by Gasteiger charge is -2.17. The van der Waals surface area contributed by atoms with Crippen LogP contribution in [0.1, 0.15) is 6.92 Å². The Morgan fingerprint density at radius 3 is 2.28 bits per heavy atom. The van der Waals surface area contributed by atoms with Crippen LogP contribution in [0.5, 0.6) is 0 Å². The van der Waals surface area contributed by atoms with E-state index in [1.54, 1.807) is 17.1 Å². The minimum Gasteiger partial charge on any atom is -0.390 e. The molecule has 2 atom stereocenters. The van der Waals surface area contributed by atoms with Crippen molar-refractivity contribution in [2.45, 2.75) is 32.2 Å². The second-order valence-corrected chi connectivity index (χ2v) is 4.42. The van der Waals surface area contributed by atoms with Crippen LogP contribution < -0.4 is 5.32 Å². The summed E-state index contributed by atoms with van der Waals surface area (Å²) in [6.07, 6.45) is 6.80. The van der Waals surface area contributed by atoms with Crippen molar-refractivity contribution < 1.29 is 5.11 Å². The van der Waals surface area contributed by atoms with E-state index in [4.69, 9.17) is 0 Å². The first-order valence-corrected chi connectivity index (χ1v) is 6.10. The fraction of sp³-hybridized carbons (Fsp3) is 0.500. The number of rotatable bonds is 7. The Morgan fingerprint density at radius 2 is 1.72 bits per heavy atom. The van der Waals surface area contributed by atoms with Gasteiger partial charge in [0.05, 0.1) is 19.2 Å². The minimum atomic E-state index is -0.440. The van der Waals surface area contributed by atoms with E-state index in [1.807, 2.05) is 29.2 Å². The maximum Gasteiger partial charge on any atom is 0.0860 e. The lowest BCUT2D eigenvalue weighted by atomic mass is 10.3. The molecule has 0 aromatic carbocycles. The molecule has 0 bridgehead atoms. The van der Waals surface area contributed by atoms with Crippen molar-refractivity contribution in [3.63, 3.8) is 0 Å². The van der Waals surface area contributed by atoms with E-state index in [-0.39, 0.29) is 6.04 Å². The lowest BCUT2D eigenvalue weighted by Crippen LogP contribution is -2.38. The summed E-state index contributed by atoms with van der Waals surface area (Å²) in [5.74, 6) is 0. The normalized spacial score (nSPS) is 14.6. The average molecular weight is 249 g/mol. The van der Waals surface area contributed by atoms with Gasteiger partial charge in [0.15, 0.2) is 0 Å². The SMILES string of the molecule is CC(Cn1cccn1)NCC(O)Cn1cccn1. The van der Waals surface area contributed by atoms with E-state index < -0.39 is 6.10 Å². The first-order chi connectivity index (χ1) is 8.74. The Hall–Kier alpha value is -1.66. The Labute approximate surface area is 106 Å². The van der Waals surface area contributed by atoms with Gasteiger partial charge in [0.2, 0.25) is 0 Å². The molecule has 2 N–H and O–H groups in total. The second-order valence-electron chi connectivity index (χ2n) is 4.42. The number of nitrogens with one attached hydrogen (secondary N) is 1. The van der Waals surface area contributed by atoms with Crippen LogP contribution >= 0.6 is 0 Å². The third-order valence-electron chi connectivity index (χ3n) is 2.68. The van der Waals surface area contributed by atoms with Crippen molar-refractivity contribution in [1.82, 2.24) is 24.9 Å². The van der Waals surface area contributed by atoms with Crippen LogP contribution in [0.3, 0.4) is 0 Å². The Morgan fingerprint density at radius 1 is 1.11 bits per heavy atom. The summed E-state index contributed by atoms with van der Waals surface area (Å²) in [5.41, 5.74) is 0. The summed E-state index contributed by atoms with van der Waals surface area (Å²) in [6.45, 7) is 3.92. The number of aliphatic hydroxyl groups excluding tert-OH is 1. The fourth-order valence-electron chi connectivity index (χ4n) is 1.78. The second kappa shape index (κ2) is 6.32. The molecule has 0 saturated carbocycles. The zero-order chi connectivity index (χ0) is 12.8. The van der Waals surface area contributed by atoms with E-state index in [9.17, 15) is 5.11 Å². The Bertz CT molecular complexity index is 383. The topological polar surface area (TPSA) is 67.9 Å². The van der Waals surface area contributed by atoms with Crippen molar-refractivity contribution in [2.24, 2.45) is 0 Å². The molecule has 2 heterocycles. The van der Waals surface area contributed by atoms with E-state index in [0.29, 0.717) is 13.1 Å². The summed E-state index contributed by atoms with van der Waals surface area (Å²) < 4.78 is 3.60. The Balaban J connectivity index is 1.67. The third kappa shape index (κ3) is 3.97. The van der Waals surface area contributed by atoms with Crippen molar-refractivity contribution >= 4 is 0 Å². The predicted molar refractivity (Wildman–Crippen MR) is 67.9 cm³/mol. The first-order valence-electron chi connectivity index (χ1n) is 6.10. The first kappa shape index (κ1) is 12.8. The van der Waals surface area contributed by atoms with Crippen LogP contribution in [0.25, 0.3) is 0 Å². The number of hydrogen-bond donors (Lipinski definition) is 2. The van der Waals surface area contributed by atoms with Gasteiger partial charge in [-0.15, -0.1) is 0 Å². The standard InChI is InChI=1S/C12H19N5O/c1-11(9-16-6-2-4-14-16)13-8-12(18)10-17-7-3-5-15-17/h2-7,11-13,18H,8-10H2,1H3. The van der Waals surface area contributed by atoms with E-state index in [2.05, 4.69) is 22.4 Å². The van der Waals surface area contributed by atoms with Gasteiger partial charge in [-0.1, -0.05) is 0 Å². The minimum absolute atomic E-state index is 0.261. The smallest absolute Gasteiger partial charge is 0.0860 e. The highest BCUT2D eigenvalue weighted by Gasteiger charge is 2.08. The average Bonchev–Trinajstić information content (AvgIpc) is 2.99. The third-order valence-corrected chi connectivity index (χ3v) is 2.68. The monoisotopic (exact) mass is 249 g/mol. The van der Waals surface area contributed by atoms with Gasteiger partial charge >= 0.3 is 0 Å². The lowest BCUT2D eigenvalue weighted by molar-refractivity contribution is 0.142. The molecule has 6 heteroatoms. The summed E-state index contributed by atoms with van der Waals surface area (Å²) in [6, 6.07) is 4.01. The molecule has 2 aromatic heterocycles. The maximum atomic E-state index is 9.85. The van der Waals surface area contributed by atoms with Crippen molar-refractivity contribution in [3.05, 3.63) is 36.9 Å². The molecule has 0 aliphatic rings. The Kier molecular flexibility index (Phi) is 4.49. The van der Waals surface area contributed by atoms with Gasteiger partial charge in [-0.25, -0.2) is 0 Å². The summed E-state index contributed by atoms with van der Waals surface area (Å²) in [7, 11) is 0. The molecule has 0 amide bonds. The zero-order valence-electron chi connectivity index (χ0n) is 10.5. The fourth-order valence-corrected chi connectivity index (χ4v) is 1.78. The molecule has 0 aliphatic heterocycles. The highest BCUT2D eigenvalue weighted by Crippen LogP contribution is 1.93. The molecule has 6 nitrogen and oxygen atoms in total. The quantitative estimate of drug-likeness (QED) is 0.731. The van der Waals surface area contributed by atoms with Crippen LogP contribution in [0.2, 0.25) is 0 Å². The molecule has 0 fully saturated rings. The van der Waals surface area contributed by atoms with Gasteiger partial charge in [0.1, 0.15) is 0 Å². The zero-order valence-corrected chi connectivity index (χ0v) is 10.5. The molecule has 0 spiro atoms. The molecule has 0 saturated heterocycles. The maximum absolute atomic E-state index is 9.85. The summed E-state index contributed by atoms with van der Waals surface area (Å²) in [4.78, 5) is 0. The van der Waals surface area contributed by atoms with Gasteiger partial charge in [-0.05, 0) is 19.1 Å². The molecule has 98 valence electrons. The summed E-state index contributed by atoms with van der Waals surface area (Å²) in [5, 5.41) is 21.3. The molecule has 2 aromatic rings. The van der Waals surface area contributed by atoms with Crippen LogP contribution in [0.4, 0.5) is 0 Å².